The number of carbonyl (C=O) groups excluding carboxylic acids is 1. The van der Waals surface area contributed by atoms with Crippen molar-refractivity contribution >= 4 is 23.2 Å². The largest absolute Gasteiger partial charge is 0.404 e. The Hall–Kier alpha value is -1.03. The van der Waals surface area contributed by atoms with Crippen LogP contribution < -0.4 is 16.0 Å². The molecule has 0 aromatic rings. The first-order valence-corrected chi connectivity index (χ1v) is 3.46. The molecule has 62 valence electrons. The topological polar surface area (TPSA) is 69.1 Å². The lowest BCUT2D eigenvalue weighted by atomic mass is 10.5. The van der Waals surface area contributed by atoms with Gasteiger partial charge in [0.2, 0.25) is 6.17 Å². The van der Waals surface area contributed by atoms with E-state index in [1.165, 1.54) is 6.20 Å². The van der Waals surface area contributed by atoms with Crippen molar-refractivity contribution in [2.45, 2.75) is 13.1 Å². The maximum absolute atomic E-state index is 10.2. The summed E-state index contributed by atoms with van der Waals surface area (Å²) < 4.78 is 0. The van der Waals surface area contributed by atoms with Gasteiger partial charge in [0, 0.05) is 13.0 Å². The predicted octanol–water partition coefficient (Wildman–Crippen LogP) is -1.10. The van der Waals surface area contributed by atoms with Gasteiger partial charge in [0.25, 0.3) is 0 Å². The number of hydrogen-bond donors (Lipinski definition) is 3. The van der Waals surface area contributed by atoms with Gasteiger partial charge >= 0.3 is 5.37 Å². The number of carbonyl (C=O) groups is 1. The number of allylic oxidation sites excluding steroid dienone is 1. The van der Waals surface area contributed by atoms with E-state index in [9.17, 15) is 4.79 Å². The lowest BCUT2D eigenvalue weighted by Crippen LogP contribution is -2.80. The first-order chi connectivity index (χ1) is 5.16. The minimum absolute atomic E-state index is 0.198. The van der Waals surface area contributed by atoms with Crippen LogP contribution in [-0.4, -0.2) is 17.7 Å². The van der Waals surface area contributed by atoms with Gasteiger partial charge in [-0.3, -0.25) is 10.1 Å². The molecule has 0 saturated carbocycles. The second-order valence-electron chi connectivity index (χ2n) is 1.86. The zero-order valence-electron chi connectivity index (χ0n) is 6.17. The van der Waals surface area contributed by atoms with Crippen molar-refractivity contribution < 1.29 is 9.79 Å². The predicted molar refractivity (Wildman–Crippen MR) is 44.2 cm³/mol. The quantitative estimate of drug-likeness (QED) is 0.221. The molecule has 0 saturated heterocycles. The van der Waals surface area contributed by atoms with E-state index in [0.717, 1.165) is 0 Å². The zero-order chi connectivity index (χ0) is 8.69. The van der Waals surface area contributed by atoms with E-state index in [-0.39, 0.29) is 6.17 Å². The number of nitrogens with one attached hydrogen (secondary N) is 2. The molecule has 0 rings (SSSR count). The molecule has 11 heavy (non-hydrogen) atoms. The second-order valence-corrected chi connectivity index (χ2v) is 2.20. The number of nitrogens with two attached hydrogens (primary N) is 1. The highest BCUT2D eigenvalue weighted by Gasteiger charge is 2.03. The zero-order valence-corrected chi connectivity index (χ0v) is 6.93. The Balaban J connectivity index is 3.67. The van der Waals surface area contributed by atoms with Crippen LogP contribution in [0, 0.1) is 0 Å². The Morgan fingerprint density at radius 3 is 2.91 bits per heavy atom. The van der Waals surface area contributed by atoms with E-state index < -0.39 is 5.37 Å². The highest BCUT2D eigenvalue weighted by Crippen LogP contribution is 1.75. The minimum Gasteiger partial charge on any atom is -0.404 e. The third-order valence-electron chi connectivity index (χ3n) is 0.884. The van der Waals surface area contributed by atoms with Crippen LogP contribution in [0.4, 0.5) is 4.79 Å². The first-order valence-electron chi connectivity index (χ1n) is 3.09. The molecule has 1 unspecified atom stereocenters. The fraction of sp³-hybridized carbons (Fsp3) is 0.333. The highest BCUT2D eigenvalue weighted by molar-refractivity contribution is 6.62. The van der Waals surface area contributed by atoms with Crippen molar-refractivity contribution in [3.8, 4) is 0 Å². The van der Waals surface area contributed by atoms with Crippen LogP contribution in [0.15, 0.2) is 12.3 Å². The van der Waals surface area contributed by atoms with Gasteiger partial charge in [-0.1, -0.05) is 0 Å². The van der Waals surface area contributed by atoms with E-state index in [2.05, 4.69) is 10.3 Å². The summed E-state index contributed by atoms with van der Waals surface area (Å²) >= 11 is 5.04. The molecule has 0 aromatic heterocycles. The summed E-state index contributed by atoms with van der Waals surface area (Å²) in [7, 11) is 0. The van der Waals surface area contributed by atoms with Gasteiger partial charge in [0.05, 0.1) is 0 Å². The lowest BCUT2D eigenvalue weighted by Gasteiger charge is -1.97. The van der Waals surface area contributed by atoms with Gasteiger partial charge in [-0.2, -0.15) is 0 Å². The number of rotatable bonds is 3. The van der Waals surface area contributed by atoms with Crippen molar-refractivity contribution in [2.75, 3.05) is 0 Å². The normalized spacial score (nSPS) is 14.0. The first kappa shape index (κ1) is 9.97. The summed E-state index contributed by atoms with van der Waals surface area (Å²) in [5.41, 5.74) is 5.05. The summed E-state index contributed by atoms with van der Waals surface area (Å²) in [6, 6.07) is 0. The van der Waals surface area contributed by atoms with Gasteiger partial charge in [-0.05, 0) is 17.8 Å². The molecular weight excluding hydrogens is 166 g/mol. The molecule has 0 bridgehead atoms. The number of hydrogen-bond acceptors (Lipinski definition) is 2. The SMILES string of the molecule is CC(NC(=O)Cl)[NH+]=CC=CN. The van der Waals surface area contributed by atoms with Crippen LogP contribution in [0.3, 0.4) is 0 Å². The van der Waals surface area contributed by atoms with Crippen LogP contribution in [0.25, 0.3) is 0 Å². The fourth-order valence-electron chi connectivity index (χ4n) is 0.467. The molecular formula is C6H11ClN3O+. The lowest BCUT2D eigenvalue weighted by molar-refractivity contribution is -0.497. The monoisotopic (exact) mass is 176 g/mol. The summed E-state index contributed by atoms with van der Waals surface area (Å²) in [5.74, 6) is 0. The average Bonchev–Trinajstić information content (AvgIpc) is 1.86. The van der Waals surface area contributed by atoms with Crippen molar-refractivity contribution in [1.82, 2.24) is 5.32 Å². The molecule has 0 spiro atoms. The van der Waals surface area contributed by atoms with Gasteiger partial charge in [0.15, 0.2) is 6.21 Å². The van der Waals surface area contributed by atoms with Crippen molar-refractivity contribution in [3.05, 3.63) is 12.3 Å². The van der Waals surface area contributed by atoms with Gasteiger partial charge in [-0.25, -0.2) is 4.99 Å². The van der Waals surface area contributed by atoms with Gasteiger partial charge in [0.1, 0.15) is 0 Å². The van der Waals surface area contributed by atoms with Gasteiger partial charge < -0.3 is 5.73 Å². The number of halogens is 1. The van der Waals surface area contributed by atoms with E-state index in [4.69, 9.17) is 17.3 Å². The molecule has 0 radical (unpaired) electrons. The van der Waals surface area contributed by atoms with Crippen LogP contribution in [0.1, 0.15) is 6.92 Å². The smallest absolute Gasteiger partial charge is 0.318 e. The molecule has 0 aromatic carbocycles. The Morgan fingerprint density at radius 2 is 2.45 bits per heavy atom. The molecule has 5 heteroatoms. The highest BCUT2D eigenvalue weighted by atomic mass is 35.5. The second kappa shape index (κ2) is 5.73. The molecule has 0 fully saturated rings. The van der Waals surface area contributed by atoms with E-state index >= 15 is 0 Å². The van der Waals surface area contributed by atoms with Crippen LogP contribution in [0.2, 0.25) is 0 Å². The van der Waals surface area contributed by atoms with E-state index in [1.54, 1.807) is 19.2 Å². The molecule has 4 nitrogen and oxygen atoms in total. The van der Waals surface area contributed by atoms with Crippen LogP contribution >= 0.6 is 11.6 Å². The summed E-state index contributed by atoms with van der Waals surface area (Å²) in [4.78, 5) is 13.1. The molecule has 0 heterocycles. The third-order valence-corrected chi connectivity index (χ3v) is 0.993. The Kier molecular flexibility index (Phi) is 5.20. The number of amides is 1. The molecule has 0 aliphatic rings. The standard InChI is InChI=1S/C6H10ClN3O/c1-5(10-6(7)11)9-4-2-3-8/h2-5H,8H2,1H3,(H,10,11)/p+1. The van der Waals surface area contributed by atoms with E-state index in [1.807, 2.05) is 0 Å². The third kappa shape index (κ3) is 6.86. The van der Waals surface area contributed by atoms with Crippen LogP contribution in [-0.2, 0) is 0 Å². The summed E-state index contributed by atoms with van der Waals surface area (Å²) in [6.45, 7) is 1.75. The van der Waals surface area contributed by atoms with Gasteiger partial charge in [-0.15, -0.1) is 0 Å². The van der Waals surface area contributed by atoms with Crippen LogP contribution in [0.5, 0.6) is 0 Å². The molecule has 4 N–H and O–H groups in total. The molecule has 0 aliphatic heterocycles. The van der Waals surface area contributed by atoms with E-state index in [0.29, 0.717) is 0 Å². The Labute approximate surface area is 70.1 Å². The summed E-state index contributed by atoms with van der Waals surface area (Å²) in [6.07, 6.45) is 4.40. The van der Waals surface area contributed by atoms with Crippen molar-refractivity contribution in [1.29, 1.82) is 0 Å². The Morgan fingerprint density at radius 1 is 1.82 bits per heavy atom. The molecule has 1 atom stereocenters. The Bertz CT molecular complexity index is 179. The molecule has 0 aliphatic carbocycles. The summed E-state index contributed by atoms with van der Waals surface area (Å²) in [5, 5.41) is 1.82. The fourth-order valence-corrected chi connectivity index (χ4v) is 0.631. The maximum Gasteiger partial charge on any atom is 0.318 e. The average molecular weight is 177 g/mol. The van der Waals surface area contributed by atoms with Crippen molar-refractivity contribution in [2.24, 2.45) is 5.73 Å². The van der Waals surface area contributed by atoms with Crippen molar-refractivity contribution in [3.63, 3.8) is 0 Å². The minimum atomic E-state index is -0.588. The maximum atomic E-state index is 10.2. The molecule has 1 amide bonds.